The number of alkyl halides is 3. The minimum Gasteiger partial charge on any atom is -0.493 e. The quantitative estimate of drug-likeness (QED) is 0.160. The SMILES string of the molecule is COc1ccc(CN(Cc2ccco2)S(=O)(=O)c2cccc3ccccc23)cc1OS(=O)(=O)c1cccc(C(F)(F)F)c1. The normalized spacial score (nSPS) is 12.5. The summed E-state index contributed by atoms with van der Waals surface area (Å²) in [5, 5.41) is 1.24. The maximum absolute atomic E-state index is 14.1. The number of halogens is 3. The number of sulfonamides is 1. The van der Waals surface area contributed by atoms with Crippen molar-refractivity contribution in [1.29, 1.82) is 0 Å². The van der Waals surface area contributed by atoms with E-state index in [1.54, 1.807) is 48.5 Å². The number of benzene rings is 4. The van der Waals surface area contributed by atoms with E-state index in [0.717, 1.165) is 23.6 Å². The predicted molar refractivity (Wildman–Crippen MR) is 151 cm³/mol. The van der Waals surface area contributed by atoms with E-state index >= 15 is 0 Å². The van der Waals surface area contributed by atoms with E-state index in [0.29, 0.717) is 22.8 Å². The van der Waals surface area contributed by atoms with Crippen molar-refractivity contribution in [3.05, 3.63) is 120 Å². The Morgan fingerprint density at radius 1 is 0.791 bits per heavy atom. The molecule has 4 aromatic carbocycles. The maximum atomic E-state index is 14.1. The van der Waals surface area contributed by atoms with Gasteiger partial charge in [0.1, 0.15) is 10.7 Å². The molecule has 0 spiro atoms. The molecule has 0 atom stereocenters. The van der Waals surface area contributed by atoms with Crippen molar-refractivity contribution in [2.75, 3.05) is 7.11 Å². The van der Waals surface area contributed by atoms with E-state index < -0.39 is 36.8 Å². The van der Waals surface area contributed by atoms with Crippen LogP contribution in [-0.4, -0.2) is 28.3 Å². The van der Waals surface area contributed by atoms with E-state index in [4.69, 9.17) is 13.3 Å². The van der Waals surface area contributed by atoms with E-state index in [1.807, 2.05) is 0 Å². The van der Waals surface area contributed by atoms with Gasteiger partial charge in [-0.1, -0.05) is 48.5 Å². The molecule has 0 aliphatic rings. The zero-order valence-corrected chi connectivity index (χ0v) is 24.1. The van der Waals surface area contributed by atoms with Gasteiger partial charge in [-0.05, 0) is 59.5 Å². The van der Waals surface area contributed by atoms with Crippen LogP contribution in [0, 0.1) is 0 Å². The molecule has 224 valence electrons. The average Bonchev–Trinajstić information content (AvgIpc) is 3.49. The van der Waals surface area contributed by atoms with Crippen LogP contribution in [-0.2, 0) is 39.4 Å². The molecular formula is C30H24F3NO7S2. The lowest BCUT2D eigenvalue weighted by atomic mass is 10.1. The Labute approximate surface area is 246 Å². The van der Waals surface area contributed by atoms with Crippen molar-refractivity contribution in [2.24, 2.45) is 0 Å². The largest absolute Gasteiger partial charge is 0.493 e. The van der Waals surface area contributed by atoms with Crippen LogP contribution in [0.2, 0.25) is 0 Å². The molecule has 5 rings (SSSR count). The van der Waals surface area contributed by atoms with Crippen LogP contribution in [0.5, 0.6) is 11.5 Å². The summed E-state index contributed by atoms with van der Waals surface area (Å²) >= 11 is 0. The fraction of sp³-hybridized carbons (Fsp3) is 0.133. The third-order valence-corrected chi connectivity index (χ3v) is 9.60. The van der Waals surface area contributed by atoms with Crippen molar-refractivity contribution >= 4 is 30.9 Å². The lowest BCUT2D eigenvalue weighted by molar-refractivity contribution is -0.137. The minimum atomic E-state index is -4.77. The molecule has 43 heavy (non-hydrogen) atoms. The summed E-state index contributed by atoms with van der Waals surface area (Å²) < 4.78 is 111. The van der Waals surface area contributed by atoms with Crippen LogP contribution in [0.4, 0.5) is 13.2 Å². The topological polar surface area (TPSA) is 103 Å². The molecule has 0 aliphatic carbocycles. The monoisotopic (exact) mass is 631 g/mol. The van der Waals surface area contributed by atoms with Gasteiger partial charge in [0.05, 0.1) is 30.4 Å². The van der Waals surface area contributed by atoms with Crippen LogP contribution in [0.1, 0.15) is 16.9 Å². The first-order chi connectivity index (χ1) is 20.4. The van der Waals surface area contributed by atoms with E-state index in [1.165, 1.54) is 41.9 Å². The molecule has 0 saturated heterocycles. The van der Waals surface area contributed by atoms with Gasteiger partial charge in [-0.25, -0.2) is 8.42 Å². The van der Waals surface area contributed by atoms with Gasteiger partial charge in [0.15, 0.2) is 11.5 Å². The average molecular weight is 632 g/mol. The lowest BCUT2D eigenvalue weighted by Crippen LogP contribution is -2.30. The van der Waals surface area contributed by atoms with Gasteiger partial charge < -0.3 is 13.3 Å². The van der Waals surface area contributed by atoms with Crippen LogP contribution >= 0.6 is 0 Å². The Morgan fingerprint density at radius 3 is 2.26 bits per heavy atom. The van der Waals surface area contributed by atoms with Gasteiger partial charge in [-0.15, -0.1) is 0 Å². The summed E-state index contributed by atoms with van der Waals surface area (Å²) in [6, 6.07) is 22.5. The van der Waals surface area contributed by atoms with Crippen molar-refractivity contribution in [3.8, 4) is 11.5 Å². The number of fused-ring (bicyclic) bond motifs is 1. The lowest BCUT2D eigenvalue weighted by Gasteiger charge is -2.23. The number of ether oxygens (including phenoxy) is 1. The summed E-state index contributed by atoms with van der Waals surface area (Å²) in [5.41, 5.74) is -0.851. The van der Waals surface area contributed by atoms with E-state index in [2.05, 4.69) is 0 Å². The smallest absolute Gasteiger partial charge is 0.416 e. The third-order valence-electron chi connectivity index (χ3n) is 6.52. The fourth-order valence-corrected chi connectivity index (χ4v) is 7.03. The summed E-state index contributed by atoms with van der Waals surface area (Å²) in [5.74, 6) is -0.00682. The van der Waals surface area contributed by atoms with Gasteiger partial charge in [-0.3, -0.25) is 0 Å². The first-order valence-corrected chi connectivity index (χ1v) is 15.5. The van der Waals surface area contributed by atoms with Gasteiger partial charge >= 0.3 is 16.3 Å². The van der Waals surface area contributed by atoms with Crippen molar-refractivity contribution < 1.29 is 43.3 Å². The molecule has 0 saturated carbocycles. The zero-order chi connectivity index (χ0) is 30.8. The second-order valence-electron chi connectivity index (χ2n) is 9.38. The Bertz CT molecular complexity index is 1970. The van der Waals surface area contributed by atoms with Crippen LogP contribution < -0.4 is 8.92 Å². The number of nitrogens with zero attached hydrogens (tertiary/aromatic N) is 1. The Balaban J connectivity index is 1.52. The number of rotatable bonds is 10. The van der Waals surface area contributed by atoms with Gasteiger partial charge in [0.25, 0.3) is 0 Å². The van der Waals surface area contributed by atoms with E-state index in [9.17, 15) is 30.0 Å². The Morgan fingerprint density at radius 2 is 1.53 bits per heavy atom. The Kier molecular flexibility index (Phi) is 8.23. The summed E-state index contributed by atoms with van der Waals surface area (Å²) in [7, 11) is -7.63. The number of methoxy groups -OCH3 is 1. The highest BCUT2D eigenvalue weighted by Crippen LogP contribution is 2.35. The van der Waals surface area contributed by atoms with Crippen molar-refractivity contribution in [2.45, 2.75) is 29.1 Å². The van der Waals surface area contributed by atoms with Crippen molar-refractivity contribution in [1.82, 2.24) is 4.31 Å². The molecule has 0 N–H and O–H groups in total. The molecule has 0 unspecified atom stereocenters. The van der Waals surface area contributed by atoms with Crippen molar-refractivity contribution in [3.63, 3.8) is 0 Å². The molecule has 0 bridgehead atoms. The molecule has 1 heterocycles. The maximum Gasteiger partial charge on any atom is 0.416 e. The molecule has 0 amide bonds. The molecule has 0 aliphatic heterocycles. The Hall–Kier alpha value is -4.33. The van der Waals surface area contributed by atoms with Gasteiger partial charge in [-0.2, -0.15) is 25.9 Å². The standard InChI is InChI=1S/C30H24F3NO7S2/c1-39-27-15-14-21(17-28(27)41-43(37,38)25-11-5-9-23(18-25)30(31,32)33)19-34(20-24-10-6-16-40-24)42(35,36)29-13-4-8-22-7-2-3-12-26(22)29/h2-18H,19-20H2,1H3. The molecule has 1 aromatic heterocycles. The predicted octanol–water partition coefficient (Wildman–Crippen LogP) is 6.62. The number of hydrogen-bond acceptors (Lipinski definition) is 7. The molecule has 8 nitrogen and oxygen atoms in total. The number of hydrogen-bond donors (Lipinski definition) is 0. The number of furan rings is 1. The van der Waals surface area contributed by atoms with E-state index in [-0.39, 0.29) is 29.5 Å². The summed E-state index contributed by atoms with van der Waals surface area (Å²) in [6.07, 6.45) is -3.35. The highest BCUT2D eigenvalue weighted by Gasteiger charge is 2.33. The van der Waals surface area contributed by atoms with Gasteiger partial charge in [0, 0.05) is 11.9 Å². The molecule has 0 radical (unpaired) electrons. The van der Waals surface area contributed by atoms with Gasteiger partial charge in [0.2, 0.25) is 10.0 Å². The minimum absolute atomic E-state index is 0.0335. The van der Waals surface area contributed by atoms with Crippen LogP contribution in [0.25, 0.3) is 10.8 Å². The van der Waals surface area contributed by atoms with Crippen LogP contribution in [0.3, 0.4) is 0 Å². The molecule has 0 fully saturated rings. The highest BCUT2D eigenvalue weighted by molar-refractivity contribution is 7.89. The second kappa shape index (κ2) is 11.7. The molecular weight excluding hydrogens is 607 g/mol. The fourth-order valence-electron chi connectivity index (χ4n) is 4.44. The summed E-state index contributed by atoms with van der Waals surface area (Å²) in [6.45, 7) is -0.389. The molecule has 13 heteroatoms. The van der Waals surface area contributed by atoms with Crippen LogP contribution in [0.15, 0.2) is 118 Å². The first kappa shape index (κ1) is 30.1. The third kappa shape index (κ3) is 6.53. The molecule has 5 aromatic rings. The first-order valence-electron chi connectivity index (χ1n) is 12.7. The highest BCUT2D eigenvalue weighted by atomic mass is 32.2. The second-order valence-corrected chi connectivity index (χ2v) is 12.8. The zero-order valence-electron chi connectivity index (χ0n) is 22.5. The summed E-state index contributed by atoms with van der Waals surface area (Å²) in [4.78, 5) is -0.651.